The Morgan fingerprint density at radius 1 is 1.15 bits per heavy atom. The highest BCUT2D eigenvalue weighted by Gasteiger charge is 2.37. The Kier molecular flexibility index (Phi) is 9.24. The number of fused-ring (bicyclic) bond motifs is 4. The molecule has 2 aliphatic heterocycles. The third kappa shape index (κ3) is 6.82. The first-order valence-corrected chi connectivity index (χ1v) is 14.2. The van der Waals surface area contributed by atoms with E-state index in [1.54, 1.807) is 32.9 Å². The van der Waals surface area contributed by atoms with E-state index in [9.17, 15) is 24.3 Å². The molecule has 0 radical (unpaired) electrons. The average Bonchev–Trinajstić information content (AvgIpc) is 2.96. The number of amides is 2. The number of esters is 1. The largest absolute Gasteiger partial charge is 0.455 e. The number of ether oxygens (including phenoxy) is 1. The van der Waals surface area contributed by atoms with Crippen LogP contribution in [0.2, 0.25) is 0 Å². The molecular weight excluding hydrogens is 524 g/mol. The molecule has 1 fully saturated rings. The fourth-order valence-electron chi connectivity index (χ4n) is 5.11. The van der Waals surface area contributed by atoms with Gasteiger partial charge in [-0.05, 0) is 57.2 Å². The monoisotopic (exact) mass is 564 g/mol. The number of benzene rings is 1. The van der Waals surface area contributed by atoms with Gasteiger partial charge in [0.2, 0.25) is 5.91 Å². The summed E-state index contributed by atoms with van der Waals surface area (Å²) in [5, 5.41) is 15.2. The lowest BCUT2D eigenvalue weighted by Gasteiger charge is -2.35. The quantitative estimate of drug-likeness (QED) is 0.473. The summed E-state index contributed by atoms with van der Waals surface area (Å²) in [6.45, 7) is 8.61. The van der Waals surface area contributed by atoms with Crippen LogP contribution in [0.1, 0.15) is 71.2 Å². The summed E-state index contributed by atoms with van der Waals surface area (Å²) in [6, 6.07) is 7.78. The lowest BCUT2D eigenvalue weighted by molar-refractivity contribution is -0.157. The lowest BCUT2D eigenvalue weighted by Crippen LogP contribution is -2.59. The molecule has 220 valence electrons. The van der Waals surface area contributed by atoms with Crippen LogP contribution in [-0.2, 0) is 23.9 Å². The van der Waals surface area contributed by atoms with E-state index >= 15 is 0 Å². The minimum absolute atomic E-state index is 0.0950. The number of hydrogen-bond donors (Lipinski definition) is 3. The number of carbonyl (C=O) groups is 4. The van der Waals surface area contributed by atoms with Crippen LogP contribution in [0, 0.1) is 17.3 Å². The van der Waals surface area contributed by atoms with E-state index in [2.05, 4.69) is 10.7 Å². The summed E-state index contributed by atoms with van der Waals surface area (Å²) in [7, 11) is 0. The SMILES string of the molecule is CC(C)[C@@H]1CC(=O)[C@@](C)(CO)/C=C/c2ccc3ccc(nc3c2)[C@@H](C)OC(=O)[C@@H]2CCCN(N2)C(=O)[C@H](C)NC1=O. The Morgan fingerprint density at radius 3 is 2.59 bits per heavy atom. The zero-order valence-electron chi connectivity index (χ0n) is 24.3. The second-order valence-electron chi connectivity index (χ2n) is 11.7. The van der Waals surface area contributed by atoms with Crippen molar-refractivity contribution >= 4 is 40.5 Å². The highest BCUT2D eigenvalue weighted by atomic mass is 16.5. The molecule has 0 aliphatic carbocycles. The van der Waals surface area contributed by atoms with Crippen LogP contribution >= 0.6 is 0 Å². The van der Waals surface area contributed by atoms with Crippen molar-refractivity contribution in [2.75, 3.05) is 13.2 Å². The van der Waals surface area contributed by atoms with Crippen LogP contribution in [0.4, 0.5) is 0 Å². The van der Waals surface area contributed by atoms with Gasteiger partial charge in [0.05, 0.1) is 23.2 Å². The molecule has 1 aromatic carbocycles. The van der Waals surface area contributed by atoms with E-state index in [4.69, 9.17) is 9.72 Å². The number of carbonyl (C=O) groups excluding carboxylic acids is 4. The van der Waals surface area contributed by atoms with Crippen LogP contribution in [-0.4, -0.2) is 63.9 Å². The normalized spacial score (nSPS) is 29.4. The second kappa shape index (κ2) is 12.5. The highest BCUT2D eigenvalue weighted by Crippen LogP contribution is 2.28. The summed E-state index contributed by atoms with van der Waals surface area (Å²) in [4.78, 5) is 57.8. The number of aliphatic hydroxyl groups is 1. The number of cyclic esters (lactones) is 1. The number of nitrogens with one attached hydrogen (secondary N) is 2. The topological polar surface area (TPSA) is 138 Å². The Labute approximate surface area is 240 Å². The molecule has 41 heavy (non-hydrogen) atoms. The molecule has 3 heterocycles. The minimum Gasteiger partial charge on any atom is -0.455 e. The summed E-state index contributed by atoms with van der Waals surface area (Å²) in [5.41, 5.74) is 3.80. The minimum atomic E-state index is -1.21. The van der Waals surface area contributed by atoms with Crippen molar-refractivity contribution in [2.45, 2.75) is 72.1 Å². The molecule has 0 unspecified atom stereocenters. The van der Waals surface area contributed by atoms with Crippen molar-refractivity contribution < 1.29 is 29.0 Å². The lowest BCUT2D eigenvalue weighted by atomic mass is 9.78. The predicted molar refractivity (Wildman–Crippen MR) is 154 cm³/mol. The van der Waals surface area contributed by atoms with E-state index in [0.29, 0.717) is 30.6 Å². The van der Waals surface area contributed by atoms with Gasteiger partial charge in [-0.15, -0.1) is 0 Å². The Bertz CT molecular complexity index is 1360. The van der Waals surface area contributed by atoms with E-state index in [1.807, 2.05) is 44.2 Å². The van der Waals surface area contributed by atoms with Gasteiger partial charge in [0.25, 0.3) is 5.91 Å². The molecule has 2 amide bonds. The van der Waals surface area contributed by atoms with Gasteiger partial charge in [-0.1, -0.05) is 44.2 Å². The summed E-state index contributed by atoms with van der Waals surface area (Å²) in [6.07, 6.45) is 3.78. The van der Waals surface area contributed by atoms with Crippen molar-refractivity contribution in [1.29, 1.82) is 0 Å². The third-order valence-electron chi connectivity index (χ3n) is 8.07. The van der Waals surface area contributed by atoms with Crippen LogP contribution in [0.25, 0.3) is 17.0 Å². The Hall–Kier alpha value is -3.63. The molecule has 3 N–H and O–H groups in total. The zero-order chi connectivity index (χ0) is 29.9. The van der Waals surface area contributed by atoms with Crippen molar-refractivity contribution in [3.63, 3.8) is 0 Å². The van der Waals surface area contributed by atoms with E-state index in [0.717, 1.165) is 10.9 Å². The number of rotatable bonds is 2. The van der Waals surface area contributed by atoms with Gasteiger partial charge in [0.1, 0.15) is 24.0 Å². The fraction of sp³-hybridized carbons (Fsp3) is 0.516. The summed E-state index contributed by atoms with van der Waals surface area (Å²) < 4.78 is 5.74. The van der Waals surface area contributed by atoms with Crippen molar-refractivity contribution in [3.05, 3.63) is 47.7 Å². The average molecular weight is 565 g/mol. The number of aliphatic hydroxyl groups excluding tert-OH is 1. The van der Waals surface area contributed by atoms with Crippen LogP contribution < -0.4 is 10.7 Å². The number of hydrazine groups is 1. The van der Waals surface area contributed by atoms with Gasteiger partial charge in [0.15, 0.2) is 0 Å². The molecule has 10 heteroatoms. The molecule has 0 spiro atoms. The molecule has 5 atom stereocenters. The maximum atomic E-state index is 13.5. The maximum absolute atomic E-state index is 13.5. The first-order chi connectivity index (χ1) is 19.4. The first-order valence-electron chi connectivity index (χ1n) is 14.2. The molecule has 0 saturated carbocycles. The number of nitrogens with zero attached hydrogens (tertiary/aromatic N) is 2. The van der Waals surface area contributed by atoms with E-state index in [1.165, 1.54) is 5.01 Å². The maximum Gasteiger partial charge on any atom is 0.325 e. The standard InChI is InChI=1S/C31H40N4O6/c1-18(2)23-16-27(37)31(5,17-36)13-12-21-8-9-22-10-11-24(33-26(22)15-21)20(4)41-30(40)25-7-6-14-35(34-25)29(39)19(3)32-28(23)38/h8-13,15,18-20,23,25,34,36H,6-7,14,16-17H2,1-5H3,(H,32,38)/b13-12+/t19-,20+,23-,25-,31+/m0/s1. The summed E-state index contributed by atoms with van der Waals surface area (Å²) in [5.74, 6) is -2.46. The van der Waals surface area contributed by atoms with Crippen LogP contribution in [0.5, 0.6) is 0 Å². The van der Waals surface area contributed by atoms with Crippen LogP contribution in [0.15, 0.2) is 36.4 Å². The van der Waals surface area contributed by atoms with E-state index < -0.39 is 53.9 Å². The van der Waals surface area contributed by atoms with Gasteiger partial charge in [-0.25, -0.2) is 10.4 Å². The van der Waals surface area contributed by atoms with Crippen molar-refractivity contribution in [2.24, 2.45) is 17.3 Å². The molecule has 5 bridgehead atoms. The number of aromatic nitrogens is 1. The number of ketones is 1. The van der Waals surface area contributed by atoms with Gasteiger partial charge >= 0.3 is 5.97 Å². The molecule has 2 aliphatic rings. The fourth-order valence-corrected chi connectivity index (χ4v) is 5.11. The molecule has 1 saturated heterocycles. The Balaban J connectivity index is 1.72. The summed E-state index contributed by atoms with van der Waals surface area (Å²) >= 11 is 0. The highest BCUT2D eigenvalue weighted by molar-refractivity contribution is 5.94. The van der Waals surface area contributed by atoms with Gasteiger partial charge in [-0.3, -0.25) is 24.2 Å². The second-order valence-corrected chi connectivity index (χ2v) is 11.7. The zero-order valence-corrected chi connectivity index (χ0v) is 24.3. The number of Topliss-reactive ketones (excluding diaryl/α,β-unsaturated/α-hetero) is 1. The smallest absolute Gasteiger partial charge is 0.325 e. The van der Waals surface area contributed by atoms with Crippen LogP contribution in [0.3, 0.4) is 0 Å². The van der Waals surface area contributed by atoms with Crippen molar-refractivity contribution in [1.82, 2.24) is 20.7 Å². The molecule has 2 aromatic rings. The third-order valence-corrected chi connectivity index (χ3v) is 8.07. The van der Waals surface area contributed by atoms with Crippen molar-refractivity contribution in [3.8, 4) is 0 Å². The molecular formula is C31H40N4O6. The van der Waals surface area contributed by atoms with E-state index in [-0.39, 0.29) is 18.1 Å². The molecule has 10 nitrogen and oxygen atoms in total. The van der Waals surface area contributed by atoms with Gasteiger partial charge in [-0.2, -0.15) is 0 Å². The Morgan fingerprint density at radius 2 is 1.88 bits per heavy atom. The van der Waals surface area contributed by atoms with Gasteiger partial charge < -0.3 is 15.2 Å². The first kappa shape index (κ1) is 30.3. The van der Waals surface area contributed by atoms with Gasteiger partial charge in [0, 0.05) is 24.3 Å². The number of pyridine rings is 1. The number of hydrogen-bond acceptors (Lipinski definition) is 8. The molecule has 4 rings (SSSR count). The molecule has 1 aromatic heterocycles. The predicted octanol–water partition coefficient (Wildman–Crippen LogP) is 3.10.